The molecule has 0 aromatic carbocycles. The fourth-order valence-electron chi connectivity index (χ4n) is 11.2. The van der Waals surface area contributed by atoms with Gasteiger partial charge < -0.3 is 88.7 Å². The van der Waals surface area contributed by atoms with Gasteiger partial charge in [-0.1, -0.05) is 0 Å². The van der Waals surface area contributed by atoms with Gasteiger partial charge in [0.2, 0.25) is 76.8 Å². The van der Waals surface area contributed by atoms with Gasteiger partial charge in [-0.05, 0) is 39.0 Å². The van der Waals surface area contributed by atoms with Gasteiger partial charge in [0.1, 0.15) is 0 Å². The number of hydrogen-bond acceptors (Lipinski definition) is 29. The van der Waals surface area contributed by atoms with Crippen molar-refractivity contribution in [2.24, 2.45) is 74.5 Å². The second-order valence-corrected chi connectivity index (χ2v) is 25.2. The van der Waals surface area contributed by atoms with Crippen LogP contribution in [0.4, 0.5) is 0 Å². The Balaban J connectivity index is -0.000000652. The van der Waals surface area contributed by atoms with Crippen molar-refractivity contribution in [1.82, 2.24) is 63.7 Å². The molecular formula is C60H120Co4N26O16+8. The van der Waals surface area contributed by atoms with Gasteiger partial charge in [-0.15, -0.1) is 0 Å². The molecule has 0 unspecified atom stereocenters. The third kappa shape index (κ3) is 62.4. The van der Waals surface area contributed by atoms with E-state index in [1.807, 2.05) is 63.7 Å². The molecule has 4 rings (SSSR count). The first kappa shape index (κ1) is 107. The Kier molecular flexibility index (Phi) is 64.8. The molecule has 0 atom stereocenters. The van der Waals surface area contributed by atoms with Crippen LogP contribution >= 0.6 is 0 Å². The van der Waals surface area contributed by atoms with Crippen molar-refractivity contribution in [2.45, 2.75) is 12.8 Å². The number of ether oxygens (including phenoxy) is 3. The van der Waals surface area contributed by atoms with E-state index in [0.717, 1.165) is 0 Å². The Hall–Kier alpha value is -5.50. The smallest absolute Gasteiger partial charge is 0.379 e. The van der Waals surface area contributed by atoms with Crippen LogP contribution in [0.15, 0.2) is 0 Å². The minimum atomic E-state index is -0.456. The zero-order valence-electron chi connectivity index (χ0n) is 60.9. The summed E-state index contributed by atoms with van der Waals surface area (Å²) in [5, 5.41) is 0. The Morgan fingerprint density at radius 1 is 0.160 bits per heavy atom. The van der Waals surface area contributed by atoms with E-state index in [-0.39, 0.29) is 164 Å². The molecule has 106 heavy (non-hydrogen) atoms. The van der Waals surface area contributed by atoms with Crippen LogP contribution in [0.1, 0.15) is 12.8 Å². The Morgan fingerprint density at radius 3 is 0.368 bits per heavy atom. The van der Waals surface area contributed by atoms with Crippen molar-refractivity contribution in [3.63, 3.8) is 0 Å². The minimum Gasteiger partial charge on any atom is -0.379 e. The third-order valence-corrected chi connectivity index (χ3v) is 16.0. The largest absolute Gasteiger partial charge is 2.00 e. The van der Waals surface area contributed by atoms with Gasteiger partial charge in [0, 0.05) is 144 Å². The molecule has 0 bridgehead atoms. The fraction of sp³-hybridized carbons (Fsp3) is 0.783. The molecular weight excluding hydrogens is 1580 g/mol. The van der Waals surface area contributed by atoms with Crippen LogP contribution < -0.4 is 74.5 Å². The number of primary amides is 13. The number of carbonyl (C=O) groups excluding carboxylic acids is 13. The molecule has 4 aliphatic heterocycles. The van der Waals surface area contributed by atoms with Crippen molar-refractivity contribution >= 4 is 76.8 Å². The van der Waals surface area contributed by atoms with Gasteiger partial charge in [0.05, 0.1) is 125 Å². The van der Waals surface area contributed by atoms with Gasteiger partial charge in [0.25, 0.3) is 0 Å². The van der Waals surface area contributed by atoms with Gasteiger partial charge in [-0.25, -0.2) is 0 Å². The average Bonchev–Trinajstić information content (AvgIpc) is 1.56. The van der Waals surface area contributed by atoms with E-state index in [9.17, 15) is 62.3 Å². The SMILES string of the molecule is NC(=O)CN1CCCN(CC(N)=O)CCN(CC(N)=O)CCCN(CC(N)=O)CC1.NC(=O)CN1CCN(CC(N)=O)CCN(CC(N)=O)CC1.NC(=O)CN1CCN(CC(N)=O)CCN(CC(N)=O)CCN(CC(N)=O)CC1.NC(=O)CN1CCOCCOCCN(CC(N)=O)CCOCC1.[Co+2].[Co+2].[Co+2].[Co+2]. The molecule has 0 saturated carbocycles. The van der Waals surface area contributed by atoms with Gasteiger partial charge in [0.15, 0.2) is 0 Å². The molecule has 13 amide bonds. The molecule has 0 aliphatic carbocycles. The predicted octanol–water partition coefficient (Wildman–Crippen LogP) is -14.9. The van der Waals surface area contributed by atoms with Crippen LogP contribution in [0.2, 0.25) is 0 Å². The summed E-state index contributed by atoms with van der Waals surface area (Å²) in [5.41, 5.74) is 68.9. The molecule has 46 heteroatoms. The van der Waals surface area contributed by atoms with E-state index in [1.54, 1.807) is 0 Å². The standard InChI is InChI=1S/C18H36N8O4.C16H32N8O4.C14H28N4O5.C12H24N6O3.4Co/c19-15(27)11-23-3-1-4-24(12-16(20)28)8-10-26(14-18(22)30)6-2-5-25(9-7-23)13-17(21)29;17-13(25)9-21-1-2-22(10-14(18)26)5-6-24(12-16(20)28)8-7-23(4-3-21)11-15(19)27;15-13(19)11-17-1-5-21-6-2-18(12-14(16)20)4-8-23-10-9-22-7-3-17;13-10(19)7-16-1-2-17(8-11(14)20)5-6-18(4-3-16)9-12(15)21;;;;/h1-14H2,(H2,19,27)(H2,20,28)(H2,21,29)(H2,22,30);1-12H2,(H2,17,25)(H2,18,26)(H2,19,27)(H2,20,28);1-12H2,(H2,15,19)(H2,16,20);1-9H2,(H2,13,19)(H2,14,20)(H2,15,21);;;;/q;;;;4*+2. The molecule has 26 N–H and O–H groups in total. The monoisotopic (exact) mass is 1700 g/mol. The van der Waals surface area contributed by atoms with Gasteiger partial charge in [-0.3, -0.25) is 126 Å². The summed E-state index contributed by atoms with van der Waals surface area (Å²) in [6.45, 7) is 19.2. The van der Waals surface area contributed by atoms with Crippen molar-refractivity contribution in [1.29, 1.82) is 0 Å². The summed E-state index contributed by atoms with van der Waals surface area (Å²) < 4.78 is 16.5. The van der Waals surface area contributed by atoms with E-state index >= 15 is 0 Å². The average molecular weight is 1700 g/mol. The van der Waals surface area contributed by atoms with Crippen molar-refractivity contribution in [3.8, 4) is 0 Å². The number of amides is 13. The molecule has 0 aromatic heterocycles. The maximum Gasteiger partial charge on any atom is 2.00 e. The minimum absolute atomic E-state index is 0. The third-order valence-electron chi connectivity index (χ3n) is 16.0. The van der Waals surface area contributed by atoms with Crippen LogP contribution in [-0.2, 0) is 144 Å². The number of nitrogens with two attached hydrogens (primary N) is 13. The first-order valence-corrected chi connectivity index (χ1v) is 34.1. The molecule has 4 heterocycles. The fourth-order valence-corrected chi connectivity index (χ4v) is 11.2. The molecule has 4 radical (unpaired) electrons. The second-order valence-electron chi connectivity index (χ2n) is 25.2. The van der Waals surface area contributed by atoms with Crippen LogP contribution in [0, 0.1) is 0 Å². The van der Waals surface area contributed by atoms with Crippen molar-refractivity contribution in [2.75, 3.05) is 295 Å². The number of hydrogen-bond donors (Lipinski definition) is 13. The predicted molar refractivity (Wildman–Crippen MR) is 375 cm³/mol. The van der Waals surface area contributed by atoms with Crippen LogP contribution in [0.25, 0.3) is 0 Å². The summed E-state index contributed by atoms with van der Waals surface area (Å²) in [6, 6.07) is 0. The summed E-state index contributed by atoms with van der Waals surface area (Å²) in [6.07, 6.45) is 1.40. The number of carbonyl (C=O) groups is 13. The van der Waals surface area contributed by atoms with E-state index in [1.165, 1.54) is 0 Å². The van der Waals surface area contributed by atoms with Crippen LogP contribution in [0.3, 0.4) is 0 Å². The molecule has 42 nitrogen and oxygen atoms in total. The summed E-state index contributed by atoms with van der Waals surface area (Å²) in [5.74, 6) is -5.48. The molecule has 0 aromatic rings. The molecule has 0 spiro atoms. The normalized spacial score (nSPS) is 19.2. The van der Waals surface area contributed by atoms with Crippen LogP contribution in [-0.4, -0.2) is 435 Å². The quantitative estimate of drug-likeness (QED) is 0.0382. The van der Waals surface area contributed by atoms with Crippen molar-refractivity contribution in [3.05, 3.63) is 0 Å². The second kappa shape index (κ2) is 64.3. The zero-order chi connectivity index (χ0) is 76.4. The zero-order valence-corrected chi connectivity index (χ0v) is 65.1. The summed E-state index contributed by atoms with van der Waals surface area (Å²) in [4.78, 5) is 171. The first-order valence-electron chi connectivity index (χ1n) is 34.1. The molecule has 4 saturated heterocycles. The van der Waals surface area contributed by atoms with Crippen molar-refractivity contribution < 1.29 is 144 Å². The Morgan fingerprint density at radius 2 is 0.255 bits per heavy atom. The maximum atomic E-state index is 11.4. The molecule has 4 fully saturated rings. The summed E-state index contributed by atoms with van der Waals surface area (Å²) in [7, 11) is 0. The Labute approximate surface area is 662 Å². The number of nitrogens with zero attached hydrogens (tertiary/aromatic N) is 13. The number of rotatable bonds is 26. The first-order chi connectivity index (χ1) is 48.2. The van der Waals surface area contributed by atoms with Gasteiger partial charge >= 0.3 is 67.1 Å². The Bertz CT molecular complexity index is 2270. The topological polar surface area (TPSA) is 630 Å². The maximum absolute atomic E-state index is 11.4. The van der Waals surface area contributed by atoms with E-state index < -0.39 is 65.0 Å². The van der Waals surface area contributed by atoms with Crippen LogP contribution in [0.5, 0.6) is 0 Å². The molecule has 4 aliphatic rings. The molecule has 614 valence electrons. The van der Waals surface area contributed by atoms with E-state index in [4.69, 9.17) is 88.7 Å². The summed E-state index contributed by atoms with van der Waals surface area (Å²) >= 11 is 0. The van der Waals surface area contributed by atoms with E-state index in [0.29, 0.717) is 223 Å². The van der Waals surface area contributed by atoms with E-state index in [2.05, 4.69) is 0 Å². The van der Waals surface area contributed by atoms with Gasteiger partial charge in [-0.2, -0.15) is 0 Å².